The first-order valence-electron chi connectivity index (χ1n) is 7.46. The highest BCUT2D eigenvalue weighted by Crippen LogP contribution is 2.42. The van der Waals surface area contributed by atoms with E-state index in [1.807, 2.05) is 6.92 Å². The Morgan fingerprint density at radius 2 is 2.26 bits per heavy atom. The molecule has 0 radical (unpaired) electrons. The Bertz CT molecular complexity index is 417. The second-order valence-corrected chi connectivity index (χ2v) is 5.78. The Morgan fingerprint density at radius 3 is 2.95 bits per heavy atom. The highest BCUT2D eigenvalue weighted by atomic mass is 16.5. The van der Waals surface area contributed by atoms with Crippen LogP contribution in [0.15, 0.2) is 4.52 Å². The Hall–Kier alpha value is -0.940. The molecule has 2 aliphatic rings. The van der Waals surface area contributed by atoms with E-state index in [1.165, 1.54) is 12.8 Å². The van der Waals surface area contributed by atoms with E-state index < -0.39 is 0 Å². The summed E-state index contributed by atoms with van der Waals surface area (Å²) < 4.78 is 11.3. The van der Waals surface area contributed by atoms with Crippen LogP contribution in [-0.2, 0) is 4.74 Å². The Morgan fingerprint density at radius 1 is 1.42 bits per heavy atom. The minimum atomic E-state index is 0.0432. The first-order valence-corrected chi connectivity index (χ1v) is 7.46. The van der Waals surface area contributed by atoms with Gasteiger partial charge in [-0.25, -0.2) is 0 Å². The molecule has 1 saturated heterocycles. The minimum absolute atomic E-state index is 0.0432. The monoisotopic (exact) mass is 265 g/mol. The lowest BCUT2D eigenvalue weighted by Crippen LogP contribution is -2.35. The van der Waals surface area contributed by atoms with E-state index in [1.54, 1.807) is 0 Å². The van der Waals surface area contributed by atoms with E-state index in [9.17, 15) is 0 Å². The molecule has 5 nitrogen and oxygen atoms in total. The number of piperidine rings is 1. The number of rotatable bonds is 5. The van der Waals surface area contributed by atoms with Crippen LogP contribution in [0.4, 0.5) is 0 Å². The summed E-state index contributed by atoms with van der Waals surface area (Å²) in [6.07, 6.45) is 4.64. The van der Waals surface area contributed by atoms with E-state index in [4.69, 9.17) is 9.26 Å². The summed E-state index contributed by atoms with van der Waals surface area (Å²) in [5.74, 6) is 2.55. The normalized spacial score (nSPS) is 29.4. The van der Waals surface area contributed by atoms with Crippen LogP contribution >= 0.6 is 0 Å². The van der Waals surface area contributed by atoms with Crippen LogP contribution in [0.3, 0.4) is 0 Å². The molecule has 2 heterocycles. The van der Waals surface area contributed by atoms with Crippen LogP contribution in [0.5, 0.6) is 0 Å². The van der Waals surface area contributed by atoms with E-state index in [0.717, 1.165) is 31.1 Å². The third-order valence-electron chi connectivity index (χ3n) is 4.08. The van der Waals surface area contributed by atoms with Crippen LogP contribution in [-0.4, -0.2) is 29.3 Å². The fourth-order valence-electron chi connectivity index (χ4n) is 2.88. The topological polar surface area (TPSA) is 60.2 Å². The zero-order chi connectivity index (χ0) is 13.2. The molecule has 1 saturated carbocycles. The smallest absolute Gasteiger partial charge is 0.229 e. The molecule has 0 aromatic carbocycles. The van der Waals surface area contributed by atoms with Crippen molar-refractivity contribution in [2.75, 3.05) is 13.2 Å². The molecule has 1 N–H and O–H groups in total. The van der Waals surface area contributed by atoms with Gasteiger partial charge in [0.25, 0.3) is 0 Å². The largest absolute Gasteiger partial charge is 0.370 e. The fourth-order valence-corrected chi connectivity index (χ4v) is 2.88. The minimum Gasteiger partial charge on any atom is -0.370 e. The van der Waals surface area contributed by atoms with Gasteiger partial charge in [-0.1, -0.05) is 5.16 Å². The van der Waals surface area contributed by atoms with Crippen LogP contribution in [0.1, 0.15) is 63.3 Å². The Kier molecular flexibility index (Phi) is 3.84. The van der Waals surface area contributed by atoms with Crippen molar-refractivity contribution in [2.45, 2.75) is 57.6 Å². The van der Waals surface area contributed by atoms with Crippen molar-refractivity contribution in [3.8, 4) is 0 Å². The summed E-state index contributed by atoms with van der Waals surface area (Å²) >= 11 is 0. The van der Waals surface area contributed by atoms with Crippen LogP contribution in [0, 0.1) is 5.92 Å². The quantitative estimate of drug-likeness (QED) is 0.886. The van der Waals surface area contributed by atoms with E-state index in [2.05, 4.69) is 22.4 Å². The maximum atomic E-state index is 5.78. The molecule has 2 fully saturated rings. The second-order valence-electron chi connectivity index (χ2n) is 5.78. The highest BCUT2D eigenvalue weighted by molar-refractivity contribution is 5.02. The number of nitrogens with one attached hydrogen (secondary N) is 1. The molecule has 1 aliphatic heterocycles. The molecule has 106 valence electrons. The Labute approximate surface area is 114 Å². The first-order chi connectivity index (χ1) is 9.28. The number of hydrogen-bond acceptors (Lipinski definition) is 5. The van der Waals surface area contributed by atoms with Crippen LogP contribution in [0.2, 0.25) is 0 Å². The van der Waals surface area contributed by atoms with Gasteiger partial charge in [0.05, 0.1) is 0 Å². The lowest BCUT2D eigenvalue weighted by Gasteiger charge is -2.25. The molecule has 19 heavy (non-hydrogen) atoms. The van der Waals surface area contributed by atoms with Crippen LogP contribution < -0.4 is 5.32 Å². The molecular formula is C14H23N3O2. The maximum absolute atomic E-state index is 5.78. The zero-order valence-corrected chi connectivity index (χ0v) is 11.8. The van der Waals surface area contributed by atoms with Gasteiger partial charge in [0, 0.05) is 18.6 Å². The molecule has 1 aromatic heterocycles. The number of ether oxygens (including phenoxy) is 1. The summed E-state index contributed by atoms with van der Waals surface area (Å²) in [7, 11) is 0. The van der Waals surface area contributed by atoms with Gasteiger partial charge in [0.15, 0.2) is 0 Å². The van der Waals surface area contributed by atoms with Crippen molar-refractivity contribution in [3.05, 3.63) is 11.7 Å². The highest BCUT2D eigenvalue weighted by Gasteiger charge is 2.37. The molecule has 0 spiro atoms. The molecule has 0 amide bonds. The van der Waals surface area contributed by atoms with Gasteiger partial charge < -0.3 is 14.6 Å². The predicted molar refractivity (Wildman–Crippen MR) is 70.8 cm³/mol. The molecule has 1 aliphatic carbocycles. The van der Waals surface area contributed by atoms with Gasteiger partial charge in [-0.2, -0.15) is 4.98 Å². The molecule has 0 bridgehead atoms. The van der Waals surface area contributed by atoms with Crippen LogP contribution in [0.25, 0.3) is 0 Å². The summed E-state index contributed by atoms with van der Waals surface area (Å²) in [6.45, 7) is 5.96. The lowest BCUT2D eigenvalue weighted by atomic mass is 9.93. The fraction of sp³-hybridized carbons (Fsp3) is 0.857. The zero-order valence-electron chi connectivity index (χ0n) is 11.8. The molecular weight excluding hydrogens is 242 g/mol. The SMILES string of the molecule is CCOC(c1noc(C2CCNC(C)C2)n1)C1CC1. The van der Waals surface area contributed by atoms with E-state index in [0.29, 0.717) is 24.5 Å². The number of nitrogens with zero attached hydrogens (tertiary/aromatic N) is 2. The van der Waals surface area contributed by atoms with Gasteiger partial charge in [0.1, 0.15) is 6.10 Å². The summed E-state index contributed by atoms with van der Waals surface area (Å²) in [5, 5.41) is 7.61. The Balaban J connectivity index is 1.70. The number of aromatic nitrogens is 2. The van der Waals surface area contributed by atoms with Gasteiger partial charge in [-0.05, 0) is 52.0 Å². The summed E-state index contributed by atoms with van der Waals surface area (Å²) in [6, 6.07) is 0.528. The average molecular weight is 265 g/mol. The van der Waals surface area contributed by atoms with Crippen molar-refractivity contribution < 1.29 is 9.26 Å². The van der Waals surface area contributed by atoms with Gasteiger partial charge >= 0.3 is 0 Å². The molecule has 3 rings (SSSR count). The number of hydrogen-bond donors (Lipinski definition) is 1. The molecule has 5 heteroatoms. The molecule has 3 atom stereocenters. The third-order valence-corrected chi connectivity index (χ3v) is 4.08. The van der Waals surface area contributed by atoms with Gasteiger partial charge in [-0.3, -0.25) is 0 Å². The standard InChI is InChI=1S/C14H23N3O2/c1-3-18-12(10-4-5-10)13-16-14(19-17-13)11-6-7-15-9(2)8-11/h9-12,15H,3-8H2,1-2H3. The van der Waals surface area contributed by atoms with Crippen molar-refractivity contribution in [3.63, 3.8) is 0 Å². The van der Waals surface area contributed by atoms with Crippen molar-refractivity contribution in [2.24, 2.45) is 5.92 Å². The molecule has 3 unspecified atom stereocenters. The van der Waals surface area contributed by atoms with Gasteiger partial charge in [0.2, 0.25) is 11.7 Å². The van der Waals surface area contributed by atoms with Crippen molar-refractivity contribution in [1.29, 1.82) is 0 Å². The summed E-state index contributed by atoms with van der Waals surface area (Å²) in [4.78, 5) is 4.62. The van der Waals surface area contributed by atoms with E-state index in [-0.39, 0.29) is 6.10 Å². The first kappa shape index (κ1) is 13.1. The van der Waals surface area contributed by atoms with E-state index >= 15 is 0 Å². The maximum Gasteiger partial charge on any atom is 0.229 e. The summed E-state index contributed by atoms with van der Waals surface area (Å²) in [5.41, 5.74) is 0. The molecule has 1 aromatic rings. The van der Waals surface area contributed by atoms with Crippen molar-refractivity contribution >= 4 is 0 Å². The van der Waals surface area contributed by atoms with Crippen molar-refractivity contribution in [1.82, 2.24) is 15.5 Å². The predicted octanol–water partition coefficient (Wildman–Crippen LogP) is 2.41. The lowest BCUT2D eigenvalue weighted by molar-refractivity contribution is 0.0384. The third kappa shape index (κ3) is 2.98. The second kappa shape index (κ2) is 5.59. The average Bonchev–Trinajstić information content (AvgIpc) is 3.13. The van der Waals surface area contributed by atoms with Gasteiger partial charge in [-0.15, -0.1) is 0 Å².